The van der Waals surface area contributed by atoms with Gasteiger partial charge in [0, 0.05) is 63.7 Å². The van der Waals surface area contributed by atoms with Gasteiger partial charge in [0.2, 0.25) is 10.0 Å². The highest BCUT2D eigenvalue weighted by molar-refractivity contribution is 7.89. The van der Waals surface area contributed by atoms with Crippen LogP contribution < -0.4 is 4.90 Å². The number of sulfonamides is 1. The van der Waals surface area contributed by atoms with Crippen LogP contribution in [0.25, 0.3) is 0 Å². The maximum atomic E-state index is 12.5. The zero-order valence-electron chi connectivity index (χ0n) is 19.6. The molecule has 1 heterocycles. The minimum atomic E-state index is -3.47. The van der Waals surface area contributed by atoms with Crippen molar-refractivity contribution in [3.63, 3.8) is 0 Å². The first kappa shape index (κ1) is 27.7. The lowest BCUT2D eigenvalue weighted by atomic mass is 10.1. The van der Waals surface area contributed by atoms with E-state index in [0.717, 1.165) is 30.5 Å². The van der Waals surface area contributed by atoms with Crippen LogP contribution in [0.4, 0.5) is 5.69 Å². The van der Waals surface area contributed by atoms with Crippen molar-refractivity contribution >= 4 is 33.4 Å². The molecule has 2 N–H and O–H groups in total. The number of anilines is 1. The van der Waals surface area contributed by atoms with E-state index in [1.165, 1.54) is 31.9 Å². The highest BCUT2D eigenvalue weighted by Crippen LogP contribution is 2.17. The first-order valence-corrected chi connectivity index (χ1v) is 12.2. The molecule has 2 aromatic rings. The number of rotatable bonds is 8. The van der Waals surface area contributed by atoms with Crippen LogP contribution in [-0.2, 0) is 19.6 Å². The molecule has 10 nitrogen and oxygen atoms in total. The average molecular weight is 504 g/mol. The Hall–Kier alpha value is -3.54. The van der Waals surface area contributed by atoms with Gasteiger partial charge in [-0.3, -0.25) is 9.69 Å². The number of para-hydroxylation sites is 1. The molecule has 1 saturated heterocycles. The Bertz CT molecular complexity index is 1120. The predicted molar refractivity (Wildman–Crippen MR) is 131 cm³/mol. The van der Waals surface area contributed by atoms with E-state index in [0.29, 0.717) is 24.3 Å². The van der Waals surface area contributed by atoms with Crippen molar-refractivity contribution in [2.45, 2.75) is 4.90 Å². The van der Waals surface area contributed by atoms with Gasteiger partial charge in [0.15, 0.2) is 5.78 Å². The summed E-state index contributed by atoms with van der Waals surface area (Å²) in [6, 6.07) is 16.5. The molecule has 3 rings (SSSR count). The summed E-state index contributed by atoms with van der Waals surface area (Å²) in [6.45, 7) is 3.78. The first-order chi connectivity index (χ1) is 16.5. The van der Waals surface area contributed by atoms with E-state index >= 15 is 0 Å². The Labute approximate surface area is 204 Å². The number of hydrogen-bond acceptors (Lipinski definition) is 7. The summed E-state index contributed by atoms with van der Waals surface area (Å²) < 4.78 is 25.4. The van der Waals surface area contributed by atoms with E-state index in [9.17, 15) is 22.8 Å². The number of Topliss-reactive ketones (excluding diaryl/α,β-unsaturated/α-hetero) is 1. The fourth-order valence-corrected chi connectivity index (χ4v) is 4.17. The van der Waals surface area contributed by atoms with Crippen molar-refractivity contribution in [2.75, 3.05) is 51.7 Å². The van der Waals surface area contributed by atoms with Crippen LogP contribution in [0, 0.1) is 0 Å². The van der Waals surface area contributed by atoms with Crippen molar-refractivity contribution in [1.82, 2.24) is 9.21 Å². The molecule has 0 bridgehead atoms. The summed E-state index contributed by atoms with van der Waals surface area (Å²) in [5.74, 6) is -2.50. The molecule has 0 unspecified atom stereocenters. The number of aliphatic carboxylic acids is 2. The molecule has 35 heavy (non-hydrogen) atoms. The molecule has 0 aromatic heterocycles. The molecule has 0 saturated carbocycles. The maximum absolute atomic E-state index is 12.5. The minimum absolute atomic E-state index is 0.0111. The molecule has 188 valence electrons. The van der Waals surface area contributed by atoms with Crippen LogP contribution >= 0.6 is 0 Å². The van der Waals surface area contributed by atoms with Gasteiger partial charge in [0.1, 0.15) is 0 Å². The van der Waals surface area contributed by atoms with Crippen molar-refractivity contribution in [1.29, 1.82) is 0 Å². The number of piperazine rings is 1. The van der Waals surface area contributed by atoms with Crippen LogP contribution in [0.15, 0.2) is 71.6 Å². The van der Waals surface area contributed by atoms with E-state index < -0.39 is 22.0 Å². The number of nitrogens with zero attached hydrogens (tertiary/aromatic N) is 3. The molecule has 11 heteroatoms. The maximum Gasteiger partial charge on any atom is 0.328 e. The summed E-state index contributed by atoms with van der Waals surface area (Å²) in [5.41, 5.74) is 1.75. The van der Waals surface area contributed by atoms with E-state index in [4.69, 9.17) is 10.2 Å². The largest absolute Gasteiger partial charge is 0.478 e. The molecule has 0 aliphatic carbocycles. The predicted octanol–water partition coefficient (Wildman–Crippen LogP) is 1.65. The Morgan fingerprint density at radius 3 is 1.83 bits per heavy atom. The van der Waals surface area contributed by atoms with E-state index in [1.54, 1.807) is 12.1 Å². The summed E-state index contributed by atoms with van der Waals surface area (Å²) >= 11 is 0. The van der Waals surface area contributed by atoms with Crippen molar-refractivity contribution in [3.05, 3.63) is 72.3 Å². The van der Waals surface area contributed by atoms with Gasteiger partial charge in [-0.1, -0.05) is 30.3 Å². The summed E-state index contributed by atoms with van der Waals surface area (Å²) in [6.07, 6.45) is 1.12. The lowest BCUT2D eigenvalue weighted by Crippen LogP contribution is -2.48. The van der Waals surface area contributed by atoms with Gasteiger partial charge in [-0.2, -0.15) is 0 Å². The normalized spacial score (nSPS) is 14.4. The Kier molecular flexibility index (Phi) is 10.1. The molecule has 0 atom stereocenters. The van der Waals surface area contributed by atoms with Crippen LogP contribution in [0.5, 0.6) is 0 Å². The van der Waals surface area contributed by atoms with E-state index in [1.807, 2.05) is 18.2 Å². The second-order valence-electron chi connectivity index (χ2n) is 7.84. The minimum Gasteiger partial charge on any atom is -0.478 e. The lowest BCUT2D eigenvalue weighted by molar-refractivity contribution is -0.134. The molecule has 1 fully saturated rings. The SMILES string of the molecule is CN(C)S(=O)(=O)c1ccc(C(=O)CN2CCN(c3ccccc3)CC2)cc1.O=C(O)C=CC(=O)O. The molecule has 2 aromatic carbocycles. The summed E-state index contributed by atoms with van der Waals surface area (Å²) in [4.78, 5) is 36.3. The third kappa shape index (κ3) is 8.63. The number of hydrogen-bond donors (Lipinski definition) is 2. The highest BCUT2D eigenvalue weighted by Gasteiger charge is 2.21. The van der Waals surface area contributed by atoms with Gasteiger partial charge in [-0.25, -0.2) is 22.3 Å². The lowest BCUT2D eigenvalue weighted by Gasteiger charge is -2.35. The van der Waals surface area contributed by atoms with Crippen LogP contribution in [0.3, 0.4) is 0 Å². The number of carbonyl (C=O) groups is 3. The number of carboxylic acids is 2. The monoisotopic (exact) mass is 503 g/mol. The number of ketones is 1. The van der Waals surface area contributed by atoms with Crippen molar-refractivity contribution < 1.29 is 33.0 Å². The summed E-state index contributed by atoms with van der Waals surface area (Å²) in [5, 5.41) is 15.6. The van der Waals surface area contributed by atoms with Gasteiger partial charge < -0.3 is 15.1 Å². The molecular formula is C24H29N3O7S. The van der Waals surface area contributed by atoms with Crippen LogP contribution in [-0.4, -0.2) is 92.4 Å². The fourth-order valence-electron chi connectivity index (χ4n) is 3.26. The number of benzene rings is 2. The zero-order chi connectivity index (χ0) is 26.0. The molecule has 0 spiro atoms. The highest BCUT2D eigenvalue weighted by atomic mass is 32.2. The average Bonchev–Trinajstić information content (AvgIpc) is 2.84. The Balaban J connectivity index is 0.000000466. The van der Waals surface area contributed by atoms with Crippen molar-refractivity contribution in [2.24, 2.45) is 0 Å². The van der Waals surface area contributed by atoms with Gasteiger partial charge in [0.25, 0.3) is 0 Å². The number of carbonyl (C=O) groups excluding carboxylic acids is 1. The van der Waals surface area contributed by atoms with E-state index in [-0.39, 0.29) is 10.7 Å². The topological polar surface area (TPSA) is 136 Å². The van der Waals surface area contributed by atoms with Gasteiger partial charge >= 0.3 is 11.9 Å². The molecule has 0 radical (unpaired) electrons. The fraction of sp³-hybridized carbons (Fsp3) is 0.292. The molecule has 0 amide bonds. The van der Waals surface area contributed by atoms with Gasteiger partial charge in [-0.05, 0) is 24.3 Å². The summed E-state index contributed by atoms with van der Waals surface area (Å²) in [7, 11) is -0.494. The quantitative estimate of drug-likeness (QED) is 0.407. The van der Waals surface area contributed by atoms with Gasteiger partial charge in [-0.15, -0.1) is 0 Å². The van der Waals surface area contributed by atoms with E-state index in [2.05, 4.69) is 21.9 Å². The Morgan fingerprint density at radius 2 is 1.37 bits per heavy atom. The molecule has 1 aliphatic heterocycles. The molecular weight excluding hydrogens is 474 g/mol. The first-order valence-electron chi connectivity index (χ1n) is 10.7. The van der Waals surface area contributed by atoms with Crippen LogP contribution in [0.2, 0.25) is 0 Å². The number of carboxylic acid groups (broad SMARTS) is 2. The Morgan fingerprint density at radius 1 is 0.857 bits per heavy atom. The van der Waals surface area contributed by atoms with Gasteiger partial charge in [0.05, 0.1) is 11.4 Å². The third-order valence-electron chi connectivity index (χ3n) is 5.18. The smallest absolute Gasteiger partial charge is 0.328 e. The van der Waals surface area contributed by atoms with Crippen LogP contribution in [0.1, 0.15) is 10.4 Å². The zero-order valence-corrected chi connectivity index (χ0v) is 20.4. The standard InChI is InChI=1S/C20H25N3O3S.C4H4O4/c1-21(2)27(25,26)19-10-8-17(9-11-19)20(24)16-22-12-14-23(15-13-22)18-6-4-3-5-7-18;5-3(6)1-2-4(7)8/h3-11H,12-16H2,1-2H3;1-2H,(H,5,6)(H,7,8). The molecule has 1 aliphatic rings. The second kappa shape index (κ2) is 12.8. The third-order valence-corrected chi connectivity index (χ3v) is 7.01. The second-order valence-corrected chi connectivity index (χ2v) is 10.00. The van der Waals surface area contributed by atoms with Crippen molar-refractivity contribution in [3.8, 4) is 0 Å².